The monoisotopic (exact) mass is 211 g/mol. The summed E-state index contributed by atoms with van der Waals surface area (Å²) in [4.78, 5) is 14.7. The van der Waals surface area contributed by atoms with Crippen LogP contribution in [0.1, 0.15) is 36.9 Å². The molecule has 0 N–H and O–H groups in total. The van der Waals surface area contributed by atoms with Crippen molar-refractivity contribution in [1.82, 2.24) is 4.90 Å². The molecule has 0 fully saturated rings. The van der Waals surface area contributed by atoms with Gasteiger partial charge < -0.3 is 4.90 Å². The van der Waals surface area contributed by atoms with Crippen LogP contribution in [-0.4, -0.2) is 23.4 Å². The maximum absolute atomic E-state index is 12.0. The Kier molecular flexibility index (Phi) is 4.14. The first-order valence-electron chi connectivity index (χ1n) is 5.05. The van der Waals surface area contributed by atoms with E-state index in [1.807, 2.05) is 29.3 Å². The number of hydrogen-bond acceptors (Lipinski definition) is 2. The molecule has 0 spiro atoms. The van der Waals surface area contributed by atoms with Gasteiger partial charge in [-0.2, -0.15) is 0 Å². The van der Waals surface area contributed by atoms with Crippen molar-refractivity contribution in [1.29, 1.82) is 0 Å². The van der Waals surface area contributed by atoms with E-state index in [1.165, 1.54) is 11.3 Å². The fraction of sp³-hybridized carbons (Fsp3) is 0.545. The van der Waals surface area contributed by atoms with Crippen molar-refractivity contribution in [2.45, 2.75) is 33.2 Å². The summed E-state index contributed by atoms with van der Waals surface area (Å²) >= 11 is 1.51. The maximum atomic E-state index is 12.0. The van der Waals surface area contributed by atoms with E-state index in [1.54, 1.807) is 0 Å². The molecule has 0 saturated heterocycles. The Balaban J connectivity index is 2.75. The number of carbonyl (C=O) groups excluding carboxylic acids is 1. The maximum Gasteiger partial charge on any atom is 0.264 e. The van der Waals surface area contributed by atoms with E-state index >= 15 is 0 Å². The molecule has 2 nitrogen and oxygen atoms in total. The Morgan fingerprint density at radius 1 is 1.57 bits per heavy atom. The average molecular weight is 211 g/mol. The first-order chi connectivity index (χ1) is 6.70. The molecular weight excluding hydrogens is 194 g/mol. The number of carbonyl (C=O) groups is 1. The van der Waals surface area contributed by atoms with Crippen LogP contribution in [-0.2, 0) is 0 Å². The number of nitrogens with zero attached hydrogens (tertiary/aromatic N) is 1. The van der Waals surface area contributed by atoms with E-state index < -0.39 is 0 Å². The van der Waals surface area contributed by atoms with Crippen molar-refractivity contribution in [2.75, 3.05) is 6.54 Å². The van der Waals surface area contributed by atoms with Crippen molar-refractivity contribution < 1.29 is 4.79 Å². The van der Waals surface area contributed by atoms with Gasteiger partial charge in [-0.15, -0.1) is 11.3 Å². The second-order valence-corrected chi connectivity index (χ2v) is 4.27. The summed E-state index contributed by atoms with van der Waals surface area (Å²) in [5, 5.41) is 1.94. The molecule has 14 heavy (non-hydrogen) atoms. The second-order valence-electron chi connectivity index (χ2n) is 3.33. The standard InChI is InChI=1S/C11H17NOS/c1-4-9(3)12(5-2)11(13)10-7-6-8-14-10/h6-9H,4-5H2,1-3H3. The Morgan fingerprint density at radius 3 is 2.71 bits per heavy atom. The third kappa shape index (κ3) is 2.35. The highest BCUT2D eigenvalue weighted by atomic mass is 32.1. The summed E-state index contributed by atoms with van der Waals surface area (Å²) in [7, 11) is 0. The minimum absolute atomic E-state index is 0.164. The van der Waals surface area contributed by atoms with Crippen LogP contribution in [0.15, 0.2) is 17.5 Å². The molecule has 1 rings (SSSR count). The van der Waals surface area contributed by atoms with Gasteiger partial charge in [0.15, 0.2) is 0 Å². The molecule has 0 saturated carbocycles. The van der Waals surface area contributed by atoms with Gasteiger partial charge in [-0.3, -0.25) is 4.79 Å². The molecule has 0 aromatic carbocycles. The van der Waals surface area contributed by atoms with Crippen LogP contribution in [0.25, 0.3) is 0 Å². The zero-order valence-corrected chi connectivity index (χ0v) is 9.80. The van der Waals surface area contributed by atoms with Crippen LogP contribution >= 0.6 is 11.3 Å². The topological polar surface area (TPSA) is 20.3 Å². The minimum Gasteiger partial charge on any atom is -0.336 e. The molecule has 1 heterocycles. The summed E-state index contributed by atoms with van der Waals surface area (Å²) in [6, 6.07) is 4.13. The molecule has 0 bridgehead atoms. The lowest BCUT2D eigenvalue weighted by Crippen LogP contribution is -2.37. The van der Waals surface area contributed by atoms with Crippen molar-refractivity contribution in [3.8, 4) is 0 Å². The summed E-state index contributed by atoms with van der Waals surface area (Å²) in [6.07, 6.45) is 1.00. The first-order valence-corrected chi connectivity index (χ1v) is 5.93. The lowest BCUT2D eigenvalue weighted by atomic mass is 10.2. The van der Waals surface area contributed by atoms with Crippen LogP contribution < -0.4 is 0 Å². The lowest BCUT2D eigenvalue weighted by molar-refractivity contribution is 0.0705. The molecule has 78 valence electrons. The Bertz CT molecular complexity index is 281. The van der Waals surface area contributed by atoms with Crippen LogP contribution in [0.4, 0.5) is 0 Å². The van der Waals surface area contributed by atoms with Gasteiger partial charge in [-0.1, -0.05) is 13.0 Å². The molecule has 3 heteroatoms. The third-order valence-electron chi connectivity index (χ3n) is 2.46. The van der Waals surface area contributed by atoms with Crippen LogP contribution in [0.5, 0.6) is 0 Å². The van der Waals surface area contributed by atoms with Gasteiger partial charge in [0.05, 0.1) is 4.88 Å². The van der Waals surface area contributed by atoms with Gasteiger partial charge in [0.25, 0.3) is 5.91 Å². The molecule has 1 atom stereocenters. The third-order valence-corrected chi connectivity index (χ3v) is 3.31. The largest absolute Gasteiger partial charge is 0.336 e. The van der Waals surface area contributed by atoms with Gasteiger partial charge >= 0.3 is 0 Å². The van der Waals surface area contributed by atoms with Crippen LogP contribution in [0.2, 0.25) is 0 Å². The summed E-state index contributed by atoms with van der Waals surface area (Å²) in [6.45, 7) is 7.01. The first kappa shape index (κ1) is 11.2. The van der Waals surface area contributed by atoms with E-state index in [0.29, 0.717) is 6.04 Å². The molecule has 1 amide bonds. The van der Waals surface area contributed by atoms with Gasteiger partial charge in [0.1, 0.15) is 0 Å². The fourth-order valence-corrected chi connectivity index (χ4v) is 2.10. The smallest absolute Gasteiger partial charge is 0.264 e. The number of thiophene rings is 1. The van der Waals surface area contributed by atoms with Crippen LogP contribution in [0.3, 0.4) is 0 Å². The summed E-state index contributed by atoms with van der Waals surface area (Å²) in [5.74, 6) is 0.164. The molecule has 0 aliphatic carbocycles. The van der Waals surface area contributed by atoms with Gasteiger partial charge in [-0.05, 0) is 31.7 Å². The normalized spacial score (nSPS) is 12.5. The number of amides is 1. The van der Waals surface area contributed by atoms with E-state index in [0.717, 1.165) is 17.8 Å². The van der Waals surface area contributed by atoms with Crippen LogP contribution in [0, 0.1) is 0 Å². The number of rotatable bonds is 4. The Hall–Kier alpha value is -0.830. The molecule has 1 unspecified atom stereocenters. The van der Waals surface area contributed by atoms with Crippen molar-refractivity contribution in [2.24, 2.45) is 0 Å². The predicted molar refractivity (Wildman–Crippen MR) is 60.8 cm³/mol. The highest BCUT2D eigenvalue weighted by Crippen LogP contribution is 2.14. The lowest BCUT2D eigenvalue weighted by Gasteiger charge is -2.26. The second kappa shape index (κ2) is 5.15. The molecule has 0 radical (unpaired) electrons. The Morgan fingerprint density at radius 2 is 2.29 bits per heavy atom. The molecule has 1 aromatic rings. The Labute approximate surface area is 89.5 Å². The average Bonchev–Trinajstić information content (AvgIpc) is 2.71. The zero-order valence-electron chi connectivity index (χ0n) is 8.99. The van der Waals surface area contributed by atoms with E-state index in [2.05, 4.69) is 13.8 Å². The quantitative estimate of drug-likeness (QED) is 0.749. The summed E-state index contributed by atoms with van der Waals surface area (Å²) < 4.78 is 0. The van der Waals surface area contributed by atoms with Crippen molar-refractivity contribution in [3.05, 3.63) is 22.4 Å². The highest BCUT2D eigenvalue weighted by molar-refractivity contribution is 7.12. The molecular formula is C11H17NOS. The number of hydrogen-bond donors (Lipinski definition) is 0. The van der Waals surface area contributed by atoms with E-state index in [-0.39, 0.29) is 5.91 Å². The van der Waals surface area contributed by atoms with Crippen molar-refractivity contribution in [3.63, 3.8) is 0 Å². The molecule has 1 aromatic heterocycles. The van der Waals surface area contributed by atoms with E-state index in [4.69, 9.17) is 0 Å². The molecule has 0 aliphatic rings. The van der Waals surface area contributed by atoms with Gasteiger partial charge in [0, 0.05) is 12.6 Å². The predicted octanol–water partition coefficient (Wildman–Crippen LogP) is 3.01. The molecule has 0 aliphatic heterocycles. The zero-order chi connectivity index (χ0) is 10.6. The van der Waals surface area contributed by atoms with Gasteiger partial charge in [0.2, 0.25) is 0 Å². The SMILES string of the molecule is CCC(C)N(CC)C(=O)c1cccs1. The minimum atomic E-state index is 0.164. The summed E-state index contributed by atoms with van der Waals surface area (Å²) in [5.41, 5.74) is 0. The fourth-order valence-electron chi connectivity index (χ4n) is 1.42. The van der Waals surface area contributed by atoms with E-state index in [9.17, 15) is 4.79 Å². The van der Waals surface area contributed by atoms with Gasteiger partial charge in [-0.25, -0.2) is 0 Å². The van der Waals surface area contributed by atoms with Crippen molar-refractivity contribution >= 4 is 17.2 Å². The highest BCUT2D eigenvalue weighted by Gasteiger charge is 2.18.